The molecule has 2 rings (SSSR count). The number of halogens is 1. The van der Waals surface area contributed by atoms with Gasteiger partial charge in [-0.25, -0.2) is 4.39 Å². The first kappa shape index (κ1) is 15.1. The van der Waals surface area contributed by atoms with Crippen LogP contribution in [0, 0.1) is 11.7 Å². The lowest BCUT2D eigenvalue weighted by atomic mass is 10.0. The van der Waals surface area contributed by atoms with E-state index in [4.69, 9.17) is 4.74 Å². The van der Waals surface area contributed by atoms with Gasteiger partial charge in [-0.1, -0.05) is 6.92 Å². The number of ketones is 1. The van der Waals surface area contributed by atoms with E-state index in [1.54, 1.807) is 0 Å². The molecule has 1 saturated heterocycles. The van der Waals surface area contributed by atoms with Crippen LogP contribution in [0.25, 0.3) is 0 Å². The van der Waals surface area contributed by atoms with Gasteiger partial charge in [0.05, 0.1) is 18.4 Å². The van der Waals surface area contributed by atoms with Crippen LogP contribution in [0.15, 0.2) is 18.3 Å². The lowest BCUT2D eigenvalue weighted by molar-refractivity contribution is -0.0877. The molecule has 0 aromatic carbocycles. The van der Waals surface area contributed by atoms with Gasteiger partial charge in [-0.3, -0.25) is 14.7 Å². The van der Waals surface area contributed by atoms with E-state index < -0.39 is 5.82 Å². The Kier molecular flexibility index (Phi) is 4.50. The quantitative estimate of drug-likeness (QED) is 0.793. The van der Waals surface area contributed by atoms with Crippen LogP contribution in [0.1, 0.15) is 31.3 Å². The first-order valence-corrected chi connectivity index (χ1v) is 6.89. The first-order valence-electron chi connectivity index (χ1n) is 6.89. The summed E-state index contributed by atoms with van der Waals surface area (Å²) in [7, 11) is 0. The molecule has 0 saturated carbocycles. The Labute approximate surface area is 118 Å². The third-order valence-electron chi connectivity index (χ3n) is 3.46. The molecule has 1 aliphatic rings. The Morgan fingerprint density at radius 2 is 2.30 bits per heavy atom. The number of ether oxygens (including phenoxy) is 1. The molecule has 1 aliphatic heterocycles. The van der Waals surface area contributed by atoms with E-state index >= 15 is 0 Å². The highest BCUT2D eigenvalue weighted by Crippen LogP contribution is 2.18. The fourth-order valence-corrected chi connectivity index (χ4v) is 2.51. The molecular weight excluding hydrogens is 259 g/mol. The van der Waals surface area contributed by atoms with Gasteiger partial charge in [0.1, 0.15) is 11.5 Å². The number of Topliss-reactive ketones (excluding diaryl/α,β-unsaturated/α-hetero) is 1. The molecule has 1 fully saturated rings. The Morgan fingerprint density at radius 3 is 2.90 bits per heavy atom. The number of nitrogens with zero attached hydrogens (tertiary/aromatic N) is 2. The standard InChI is InChI=1S/C15H21FN2O2/c1-11(9-18-6-7-20-15(2,3)10-18)14(19)13-5-4-12(16)8-17-13/h4-5,8,11H,6-7,9-10H2,1-3H3. The van der Waals surface area contributed by atoms with Crippen molar-refractivity contribution in [1.82, 2.24) is 9.88 Å². The molecule has 1 atom stereocenters. The first-order chi connectivity index (χ1) is 9.37. The normalized spacial score (nSPS) is 20.6. The molecule has 0 N–H and O–H groups in total. The number of carbonyl (C=O) groups excluding carboxylic acids is 1. The number of pyridine rings is 1. The van der Waals surface area contributed by atoms with E-state index in [1.807, 2.05) is 20.8 Å². The summed E-state index contributed by atoms with van der Waals surface area (Å²) in [6.45, 7) is 8.98. The van der Waals surface area contributed by atoms with Crippen LogP contribution in [0.4, 0.5) is 4.39 Å². The molecule has 110 valence electrons. The summed E-state index contributed by atoms with van der Waals surface area (Å²) in [5, 5.41) is 0. The van der Waals surface area contributed by atoms with Crippen LogP contribution in [0.5, 0.6) is 0 Å². The Balaban J connectivity index is 1.95. The lowest BCUT2D eigenvalue weighted by Crippen LogP contribution is -2.50. The molecule has 1 aromatic rings. The van der Waals surface area contributed by atoms with Crippen molar-refractivity contribution in [3.8, 4) is 0 Å². The minimum atomic E-state index is -0.427. The average Bonchev–Trinajstić information content (AvgIpc) is 2.37. The smallest absolute Gasteiger partial charge is 0.185 e. The number of rotatable bonds is 4. The van der Waals surface area contributed by atoms with Crippen molar-refractivity contribution in [3.05, 3.63) is 29.8 Å². The summed E-state index contributed by atoms with van der Waals surface area (Å²) in [6.07, 6.45) is 1.08. The highest BCUT2D eigenvalue weighted by Gasteiger charge is 2.29. The monoisotopic (exact) mass is 280 g/mol. The second-order valence-electron chi connectivity index (χ2n) is 5.97. The predicted molar refractivity (Wildman–Crippen MR) is 74.2 cm³/mol. The molecule has 20 heavy (non-hydrogen) atoms. The van der Waals surface area contributed by atoms with Crippen molar-refractivity contribution in [2.45, 2.75) is 26.4 Å². The van der Waals surface area contributed by atoms with E-state index in [-0.39, 0.29) is 17.3 Å². The lowest BCUT2D eigenvalue weighted by Gasteiger charge is -2.39. The minimum Gasteiger partial charge on any atom is -0.373 e. The molecule has 5 heteroatoms. The van der Waals surface area contributed by atoms with Gasteiger partial charge >= 0.3 is 0 Å². The van der Waals surface area contributed by atoms with Crippen molar-refractivity contribution in [2.24, 2.45) is 5.92 Å². The molecule has 4 nitrogen and oxygen atoms in total. The van der Waals surface area contributed by atoms with Crippen molar-refractivity contribution in [2.75, 3.05) is 26.2 Å². The van der Waals surface area contributed by atoms with Gasteiger partial charge in [0.15, 0.2) is 5.78 Å². The number of hydrogen-bond acceptors (Lipinski definition) is 4. The topological polar surface area (TPSA) is 42.4 Å². The van der Waals surface area contributed by atoms with Crippen LogP contribution < -0.4 is 0 Å². The SMILES string of the molecule is CC(CN1CCOC(C)(C)C1)C(=O)c1ccc(F)cn1. The summed E-state index contributed by atoms with van der Waals surface area (Å²) in [6, 6.07) is 2.71. The zero-order valence-electron chi connectivity index (χ0n) is 12.2. The van der Waals surface area contributed by atoms with Gasteiger partial charge in [-0.15, -0.1) is 0 Å². The highest BCUT2D eigenvalue weighted by molar-refractivity contribution is 5.95. The Bertz CT molecular complexity index is 473. The van der Waals surface area contributed by atoms with Crippen LogP contribution in [-0.2, 0) is 4.74 Å². The predicted octanol–water partition coefficient (Wildman–Crippen LogP) is 2.15. The third kappa shape index (κ3) is 3.84. The maximum Gasteiger partial charge on any atom is 0.185 e. The molecule has 0 spiro atoms. The van der Waals surface area contributed by atoms with Gasteiger partial charge in [-0.2, -0.15) is 0 Å². The van der Waals surface area contributed by atoms with Crippen LogP contribution in [-0.4, -0.2) is 47.5 Å². The zero-order chi connectivity index (χ0) is 14.8. The fraction of sp³-hybridized carbons (Fsp3) is 0.600. The van der Waals surface area contributed by atoms with Crippen molar-refractivity contribution in [1.29, 1.82) is 0 Å². The number of carbonyl (C=O) groups is 1. The molecule has 1 unspecified atom stereocenters. The zero-order valence-corrected chi connectivity index (χ0v) is 12.2. The molecule has 0 aliphatic carbocycles. The Morgan fingerprint density at radius 1 is 1.55 bits per heavy atom. The van der Waals surface area contributed by atoms with E-state index in [0.29, 0.717) is 18.8 Å². The van der Waals surface area contributed by atoms with Crippen molar-refractivity contribution < 1.29 is 13.9 Å². The Hall–Kier alpha value is -1.33. The highest BCUT2D eigenvalue weighted by atomic mass is 19.1. The molecule has 1 aromatic heterocycles. The second kappa shape index (κ2) is 5.97. The van der Waals surface area contributed by atoms with Gasteiger partial charge < -0.3 is 4.74 Å². The fourth-order valence-electron chi connectivity index (χ4n) is 2.51. The number of hydrogen-bond donors (Lipinski definition) is 0. The third-order valence-corrected chi connectivity index (χ3v) is 3.46. The maximum atomic E-state index is 12.8. The maximum absolute atomic E-state index is 12.8. The van der Waals surface area contributed by atoms with E-state index in [0.717, 1.165) is 19.3 Å². The average molecular weight is 280 g/mol. The summed E-state index contributed by atoms with van der Waals surface area (Å²) >= 11 is 0. The van der Waals surface area contributed by atoms with Gasteiger partial charge in [-0.05, 0) is 26.0 Å². The molecular formula is C15H21FN2O2. The molecule has 2 heterocycles. The summed E-state index contributed by atoms with van der Waals surface area (Å²) in [5.41, 5.74) is 0.154. The molecule has 0 amide bonds. The summed E-state index contributed by atoms with van der Waals surface area (Å²) < 4.78 is 18.5. The minimum absolute atomic E-state index is 0.0469. The van der Waals surface area contributed by atoms with Gasteiger partial charge in [0, 0.05) is 25.6 Å². The van der Waals surface area contributed by atoms with Gasteiger partial charge in [0.2, 0.25) is 0 Å². The summed E-state index contributed by atoms with van der Waals surface area (Å²) in [5.74, 6) is -0.639. The van der Waals surface area contributed by atoms with Crippen molar-refractivity contribution in [3.63, 3.8) is 0 Å². The largest absolute Gasteiger partial charge is 0.373 e. The van der Waals surface area contributed by atoms with Crippen molar-refractivity contribution >= 4 is 5.78 Å². The molecule has 0 bridgehead atoms. The van der Waals surface area contributed by atoms with E-state index in [1.165, 1.54) is 12.1 Å². The molecule has 0 radical (unpaired) electrons. The summed E-state index contributed by atoms with van der Waals surface area (Å²) in [4.78, 5) is 18.3. The van der Waals surface area contributed by atoms with Gasteiger partial charge in [0.25, 0.3) is 0 Å². The van der Waals surface area contributed by atoms with Crippen LogP contribution in [0.3, 0.4) is 0 Å². The van der Waals surface area contributed by atoms with Crippen LogP contribution in [0.2, 0.25) is 0 Å². The number of morpholine rings is 1. The van der Waals surface area contributed by atoms with E-state index in [9.17, 15) is 9.18 Å². The second-order valence-corrected chi connectivity index (χ2v) is 5.97. The number of aromatic nitrogens is 1. The van der Waals surface area contributed by atoms with E-state index in [2.05, 4.69) is 9.88 Å². The van der Waals surface area contributed by atoms with Crippen LogP contribution >= 0.6 is 0 Å².